The third kappa shape index (κ3) is 5.08. The number of aromatic nitrogens is 4. The number of hydrogen-bond acceptors (Lipinski definition) is 7. The van der Waals surface area contributed by atoms with Crippen molar-refractivity contribution in [2.45, 2.75) is 37.1 Å². The minimum absolute atomic E-state index is 0.0149. The summed E-state index contributed by atoms with van der Waals surface area (Å²) in [5.74, 6) is -0.0710. The van der Waals surface area contributed by atoms with E-state index in [1.165, 1.54) is 11.8 Å². The van der Waals surface area contributed by atoms with Crippen molar-refractivity contribution in [2.75, 3.05) is 6.61 Å². The van der Waals surface area contributed by atoms with Crippen LogP contribution in [0.25, 0.3) is 22.5 Å². The number of halogens is 1. The molecular formula is C24H23ClN6O3S. The van der Waals surface area contributed by atoms with Gasteiger partial charge < -0.3 is 9.64 Å². The van der Waals surface area contributed by atoms with Crippen molar-refractivity contribution in [3.05, 3.63) is 54.1 Å². The van der Waals surface area contributed by atoms with Gasteiger partial charge in [-0.05, 0) is 41.7 Å². The quantitative estimate of drug-likeness (QED) is 0.376. The number of rotatable bonds is 7. The maximum Gasteiger partial charge on any atom is 0.331 e. The van der Waals surface area contributed by atoms with Crippen LogP contribution in [-0.2, 0) is 20.9 Å². The lowest BCUT2D eigenvalue weighted by Crippen LogP contribution is -2.42. The van der Waals surface area contributed by atoms with E-state index in [-0.39, 0.29) is 18.4 Å². The number of carbonyl (C=O) groups is 2. The molecule has 2 aliphatic rings. The number of alkyl halides is 1. The van der Waals surface area contributed by atoms with Crippen LogP contribution in [-0.4, -0.2) is 59.9 Å². The molecule has 2 unspecified atom stereocenters. The Kier molecular flexibility index (Phi) is 6.83. The Bertz CT molecular complexity index is 1250. The predicted molar refractivity (Wildman–Crippen MR) is 133 cm³/mol. The van der Waals surface area contributed by atoms with Gasteiger partial charge in [0, 0.05) is 18.0 Å². The van der Waals surface area contributed by atoms with E-state index in [1.807, 2.05) is 48.5 Å². The van der Waals surface area contributed by atoms with Gasteiger partial charge in [0.05, 0.1) is 6.61 Å². The van der Waals surface area contributed by atoms with E-state index in [2.05, 4.69) is 25.6 Å². The summed E-state index contributed by atoms with van der Waals surface area (Å²) in [4.78, 5) is 31.2. The second kappa shape index (κ2) is 10.2. The lowest BCUT2D eigenvalue weighted by Gasteiger charge is -2.25. The van der Waals surface area contributed by atoms with Crippen LogP contribution in [0.15, 0.2) is 53.5 Å². The molecule has 1 aliphatic heterocycles. The number of tetrazole rings is 1. The van der Waals surface area contributed by atoms with Crippen molar-refractivity contribution in [1.29, 1.82) is 0 Å². The van der Waals surface area contributed by atoms with Crippen molar-refractivity contribution in [2.24, 2.45) is 10.9 Å². The third-order valence-corrected chi connectivity index (χ3v) is 7.36. The fourth-order valence-corrected chi connectivity index (χ4v) is 5.44. The minimum Gasteiger partial charge on any atom is -0.464 e. The molecule has 35 heavy (non-hydrogen) atoms. The molecule has 180 valence electrons. The molecule has 2 heterocycles. The zero-order valence-electron chi connectivity index (χ0n) is 18.9. The Morgan fingerprint density at radius 2 is 1.91 bits per heavy atom. The van der Waals surface area contributed by atoms with Crippen molar-refractivity contribution in [3.8, 4) is 22.5 Å². The number of carbonyl (C=O) groups excluding carboxylic acids is 2. The molecule has 5 rings (SSSR count). The van der Waals surface area contributed by atoms with Crippen LogP contribution in [0.3, 0.4) is 0 Å². The highest BCUT2D eigenvalue weighted by Gasteiger charge is 2.45. The highest BCUT2D eigenvalue weighted by molar-refractivity contribution is 8.15. The molecule has 9 nitrogen and oxygen atoms in total. The van der Waals surface area contributed by atoms with Gasteiger partial charge in [-0.25, -0.2) is 4.79 Å². The number of aliphatic imine (C=N–C) groups is 1. The van der Waals surface area contributed by atoms with Crippen LogP contribution in [0, 0.1) is 5.92 Å². The Morgan fingerprint density at radius 3 is 2.57 bits per heavy atom. The summed E-state index contributed by atoms with van der Waals surface area (Å²) in [6, 6.07) is 15.1. The number of esters is 1. The van der Waals surface area contributed by atoms with Crippen molar-refractivity contribution in [3.63, 3.8) is 0 Å². The summed E-state index contributed by atoms with van der Waals surface area (Å²) < 4.78 is 4.67. The highest BCUT2D eigenvalue weighted by Crippen LogP contribution is 2.38. The van der Waals surface area contributed by atoms with Gasteiger partial charge in [-0.1, -0.05) is 60.3 Å². The van der Waals surface area contributed by atoms with Gasteiger partial charge >= 0.3 is 5.97 Å². The molecule has 2 atom stereocenters. The van der Waals surface area contributed by atoms with Gasteiger partial charge in [0.1, 0.15) is 4.71 Å². The van der Waals surface area contributed by atoms with Gasteiger partial charge in [-0.2, -0.15) is 10.2 Å². The number of ether oxygens (including phenoxy) is 1. The number of amides is 1. The zero-order chi connectivity index (χ0) is 24.4. The molecule has 1 saturated carbocycles. The second-order valence-corrected chi connectivity index (χ2v) is 10.1. The van der Waals surface area contributed by atoms with E-state index in [9.17, 15) is 9.59 Å². The van der Waals surface area contributed by atoms with Crippen LogP contribution in [0.1, 0.15) is 25.3 Å². The maximum absolute atomic E-state index is 12.7. The molecule has 11 heteroatoms. The summed E-state index contributed by atoms with van der Waals surface area (Å²) in [5.41, 5.74) is 3.77. The Morgan fingerprint density at radius 1 is 1.17 bits per heavy atom. The summed E-state index contributed by atoms with van der Waals surface area (Å²) in [5, 5.41) is 14.8. The fraction of sp³-hybridized carbons (Fsp3) is 0.333. The number of nitrogens with one attached hydrogen (secondary N) is 1. The van der Waals surface area contributed by atoms with Crippen molar-refractivity contribution in [1.82, 2.24) is 25.5 Å². The van der Waals surface area contributed by atoms with E-state index in [1.54, 1.807) is 11.8 Å². The van der Waals surface area contributed by atoms with E-state index >= 15 is 0 Å². The summed E-state index contributed by atoms with van der Waals surface area (Å²) in [6.45, 7) is 2.37. The zero-order valence-corrected chi connectivity index (χ0v) is 20.5. The van der Waals surface area contributed by atoms with Gasteiger partial charge in [-0.3, -0.25) is 4.79 Å². The molecule has 0 radical (unpaired) electrons. The third-order valence-electron chi connectivity index (χ3n) is 5.84. The van der Waals surface area contributed by atoms with Crippen LogP contribution < -0.4 is 0 Å². The molecule has 1 saturated heterocycles. The summed E-state index contributed by atoms with van der Waals surface area (Å²) >= 11 is 7.75. The Balaban J connectivity index is 1.41. The maximum atomic E-state index is 12.7. The standard InChI is InChI=1S/C24H23ClN6O3S/c1-2-34-23(33)19-20(25)35-24(26-22(32)16-11-12-16)31(19)13-14-7-9-15(10-8-14)17-5-3-4-6-18(17)21-27-29-30-28-21/h3-10,16,19-20H,2,11-13H2,1H3,(H,27,28,29,30). The highest BCUT2D eigenvalue weighted by atomic mass is 35.5. The van der Waals surface area contributed by atoms with E-state index in [0.717, 1.165) is 35.1 Å². The molecule has 3 aromatic rings. The lowest BCUT2D eigenvalue weighted by molar-refractivity contribution is -0.147. The van der Waals surface area contributed by atoms with Crippen molar-refractivity contribution >= 4 is 40.4 Å². The first-order valence-electron chi connectivity index (χ1n) is 11.3. The van der Waals surface area contributed by atoms with Gasteiger partial charge in [-0.15, -0.1) is 21.8 Å². The fourth-order valence-electron chi connectivity index (χ4n) is 3.92. The van der Waals surface area contributed by atoms with Crippen LogP contribution >= 0.6 is 23.4 Å². The Hall–Kier alpha value is -3.24. The Labute approximate surface area is 211 Å². The summed E-state index contributed by atoms with van der Waals surface area (Å²) in [6.07, 6.45) is 1.72. The van der Waals surface area contributed by atoms with Crippen molar-refractivity contribution < 1.29 is 14.3 Å². The number of benzene rings is 2. The van der Waals surface area contributed by atoms with E-state index < -0.39 is 16.7 Å². The predicted octanol–water partition coefficient (Wildman–Crippen LogP) is 3.87. The average Bonchev–Trinajstić information content (AvgIpc) is 3.49. The largest absolute Gasteiger partial charge is 0.464 e. The minimum atomic E-state index is -0.731. The first-order valence-corrected chi connectivity index (χ1v) is 12.7. The van der Waals surface area contributed by atoms with Gasteiger partial charge in [0.15, 0.2) is 11.2 Å². The SMILES string of the molecule is CCOC(=O)C1C(Cl)SC(=NC(=O)C2CC2)N1Cc1ccc(-c2ccccc2-c2nn[nH]n2)cc1. The molecular weight excluding hydrogens is 488 g/mol. The van der Waals surface area contributed by atoms with Crippen LogP contribution in [0.5, 0.6) is 0 Å². The number of hydrogen-bond donors (Lipinski definition) is 1. The second-order valence-electron chi connectivity index (χ2n) is 8.28. The monoisotopic (exact) mass is 510 g/mol. The number of H-pyrrole nitrogens is 1. The average molecular weight is 511 g/mol. The summed E-state index contributed by atoms with van der Waals surface area (Å²) in [7, 11) is 0. The lowest BCUT2D eigenvalue weighted by atomic mass is 9.98. The first kappa shape index (κ1) is 23.5. The molecule has 1 aliphatic carbocycles. The molecule has 0 spiro atoms. The molecule has 1 aromatic heterocycles. The molecule has 1 N–H and O–H groups in total. The van der Waals surface area contributed by atoms with E-state index in [4.69, 9.17) is 16.3 Å². The normalized spacial score (nSPS) is 20.9. The van der Waals surface area contributed by atoms with Gasteiger partial charge in [0.25, 0.3) is 5.91 Å². The number of amidine groups is 1. The molecule has 2 fully saturated rings. The number of nitrogens with zero attached hydrogens (tertiary/aromatic N) is 5. The number of thioether (sulfide) groups is 1. The molecule has 2 aromatic carbocycles. The topological polar surface area (TPSA) is 113 Å². The number of aromatic amines is 1. The molecule has 1 amide bonds. The smallest absolute Gasteiger partial charge is 0.331 e. The first-order chi connectivity index (χ1) is 17.0. The van der Waals surface area contributed by atoms with Gasteiger partial charge in [0.2, 0.25) is 5.82 Å². The van der Waals surface area contributed by atoms with Crippen LogP contribution in [0.4, 0.5) is 0 Å². The van der Waals surface area contributed by atoms with E-state index in [0.29, 0.717) is 17.5 Å². The van der Waals surface area contributed by atoms with Crippen LogP contribution in [0.2, 0.25) is 0 Å². The molecule has 0 bridgehead atoms.